The largest absolute Gasteiger partial charge is 0.493 e. The molecule has 0 saturated heterocycles. The minimum atomic E-state index is -0.871. The van der Waals surface area contributed by atoms with Crippen LogP contribution in [0, 0.1) is 0 Å². The quantitative estimate of drug-likeness (QED) is 0.173. The number of hydrogen-bond donors (Lipinski definition) is 2. The lowest BCUT2D eigenvalue weighted by molar-refractivity contribution is -0.154. The summed E-state index contributed by atoms with van der Waals surface area (Å²) in [6.07, 6.45) is 0.660. The van der Waals surface area contributed by atoms with Gasteiger partial charge in [-0.15, -0.1) is 0 Å². The van der Waals surface area contributed by atoms with E-state index in [9.17, 15) is 9.59 Å². The van der Waals surface area contributed by atoms with Crippen molar-refractivity contribution in [2.45, 2.75) is 51.0 Å². The lowest BCUT2D eigenvalue weighted by Gasteiger charge is -2.27. The molecule has 0 saturated carbocycles. The lowest BCUT2D eigenvalue weighted by atomic mass is 9.96. The first-order chi connectivity index (χ1) is 21.4. The molecule has 0 heterocycles. The van der Waals surface area contributed by atoms with Gasteiger partial charge in [-0.1, -0.05) is 78.9 Å². The first kappa shape index (κ1) is 32.1. The SMILES string of the molecule is COc1ccc(CCC(N)C(OC(=O)[C@H](Cc2ccccc2)NC(C)=O)c2ccc(OCc3ccccc3)cc2)cc1OC. The van der Waals surface area contributed by atoms with E-state index in [0.717, 1.165) is 22.3 Å². The number of carbonyl (C=O) groups is 2. The monoisotopic (exact) mass is 596 g/mol. The lowest BCUT2D eigenvalue weighted by Crippen LogP contribution is -2.44. The zero-order chi connectivity index (χ0) is 31.3. The van der Waals surface area contributed by atoms with Gasteiger partial charge in [-0.05, 0) is 59.4 Å². The molecule has 44 heavy (non-hydrogen) atoms. The number of esters is 1. The van der Waals surface area contributed by atoms with Crippen molar-refractivity contribution in [3.05, 3.63) is 125 Å². The second kappa shape index (κ2) is 16.1. The first-order valence-corrected chi connectivity index (χ1v) is 14.6. The molecule has 0 aromatic heterocycles. The van der Waals surface area contributed by atoms with Gasteiger partial charge in [-0.3, -0.25) is 4.79 Å². The van der Waals surface area contributed by atoms with E-state index in [-0.39, 0.29) is 5.91 Å². The second-order valence-corrected chi connectivity index (χ2v) is 10.5. The van der Waals surface area contributed by atoms with Crippen LogP contribution in [0.15, 0.2) is 103 Å². The van der Waals surface area contributed by atoms with E-state index in [4.69, 9.17) is 24.7 Å². The van der Waals surface area contributed by atoms with Crippen molar-refractivity contribution in [3.8, 4) is 17.2 Å². The van der Waals surface area contributed by atoms with Gasteiger partial charge in [0.25, 0.3) is 0 Å². The highest BCUT2D eigenvalue weighted by atomic mass is 16.5. The molecule has 8 heteroatoms. The van der Waals surface area contributed by atoms with Crippen LogP contribution in [0.1, 0.15) is 41.7 Å². The van der Waals surface area contributed by atoms with Crippen molar-refractivity contribution in [3.63, 3.8) is 0 Å². The molecule has 3 atom stereocenters. The van der Waals surface area contributed by atoms with Gasteiger partial charge in [-0.25, -0.2) is 4.79 Å². The van der Waals surface area contributed by atoms with Gasteiger partial charge in [0.15, 0.2) is 11.5 Å². The highest BCUT2D eigenvalue weighted by Crippen LogP contribution is 2.30. The maximum atomic E-state index is 13.6. The fourth-order valence-corrected chi connectivity index (χ4v) is 4.91. The van der Waals surface area contributed by atoms with Gasteiger partial charge in [-0.2, -0.15) is 0 Å². The second-order valence-electron chi connectivity index (χ2n) is 10.5. The van der Waals surface area contributed by atoms with Crippen LogP contribution < -0.4 is 25.3 Å². The molecule has 230 valence electrons. The van der Waals surface area contributed by atoms with E-state index < -0.39 is 24.2 Å². The third-order valence-corrected chi connectivity index (χ3v) is 7.25. The Morgan fingerprint density at radius 2 is 1.41 bits per heavy atom. The molecule has 0 radical (unpaired) electrons. The first-order valence-electron chi connectivity index (χ1n) is 14.6. The topological polar surface area (TPSA) is 109 Å². The summed E-state index contributed by atoms with van der Waals surface area (Å²) < 4.78 is 22.9. The van der Waals surface area contributed by atoms with Crippen molar-refractivity contribution in [2.75, 3.05) is 14.2 Å². The Kier molecular flexibility index (Phi) is 11.8. The molecule has 3 N–H and O–H groups in total. The average Bonchev–Trinajstić information content (AvgIpc) is 3.05. The Balaban J connectivity index is 1.53. The Hall–Kier alpha value is -4.82. The summed E-state index contributed by atoms with van der Waals surface area (Å²) in [7, 11) is 3.19. The van der Waals surface area contributed by atoms with Crippen LogP contribution in [-0.4, -0.2) is 38.2 Å². The van der Waals surface area contributed by atoms with Gasteiger partial charge in [0, 0.05) is 19.4 Å². The smallest absolute Gasteiger partial charge is 0.329 e. The summed E-state index contributed by atoms with van der Waals surface area (Å²) in [6.45, 7) is 1.81. The molecule has 4 aromatic carbocycles. The van der Waals surface area contributed by atoms with Crippen LogP contribution in [-0.2, 0) is 33.8 Å². The van der Waals surface area contributed by atoms with Gasteiger partial charge in [0.2, 0.25) is 5.91 Å². The molecule has 0 aliphatic rings. The standard InChI is InChI=1S/C36H40N2O6/c1-25(39)38-32(22-26-10-6-4-7-11-26)36(40)44-35(31(37)20-14-27-15-21-33(41-2)34(23-27)42-3)29-16-18-30(19-17-29)43-24-28-12-8-5-9-13-28/h4-13,15-19,21,23,31-32,35H,14,20,22,24,37H2,1-3H3,(H,38,39)/t31?,32-,35?/m0/s1. The van der Waals surface area contributed by atoms with E-state index in [2.05, 4.69) is 5.32 Å². The minimum absolute atomic E-state index is 0.291. The van der Waals surface area contributed by atoms with Crippen molar-refractivity contribution >= 4 is 11.9 Å². The van der Waals surface area contributed by atoms with Gasteiger partial charge < -0.3 is 30.0 Å². The number of hydrogen-bond acceptors (Lipinski definition) is 7. The number of aryl methyl sites for hydroxylation is 1. The summed E-state index contributed by atoms with van der Waals surface area (Å²) in [4.78, 5) is 25.6. The fraction of sp³-hybridized carbons (Fsp3) is 0.278. The number of nitrogens with one attached hydrogen (secondary N) is 1. The van der Waals surface area contributed by atoms with E-state index >= 15 is 0 Å². The molecule has 0 spiro atoms. The Bertz CT molecular complexity index is 1480. The van der Waals surface area contributed by atoms with Crippen LogP contribution in [0.2, 0.25) is 0 Å². The highest BCUT2D eigenvalue weighted by Gasteiger charge is 2.29. The number of rotatable bonds is 15. The summed E-state index contributed by atoms with van der Waals surface area (Å²) in [5.41, 5.74) is 10.4. The number of carbonyl (C=O) groups excluding carboxylic acids is 2. The zero-order valence-corrected chi connectivity index (χ0v) is 25.4. The molecule has 4 rings (SSSR count). The van der Waals surface area contributed by atoms with Crippen LogP contribution in [0.3, 0.4) is 0 Å². The summed E-state index contributed by atoms with van der Waals surface area (Å²) in [5.74, 6) is 1.08. The molecule has 1 amide bonds. The predicted octanol–water partition coefficient (Wildman–Crippen LogP) is 5.57. The summed E-state index contributed by atoms with van der Waals surface area (Å²) >= 11 is 0. The van der Waals surface area contributed by atoms with Crippen LogP contribution >= 0.6 is 0 Å². The maximum absolute atomic E-state index is 13.6. The van der Waals surface area contributed by atoms with Gasteiger partial charge in [0.1, 0.15) is 24.5 Å². The van der Waals surface area contributed by atoms with E-state index in [1.165, 1.54) is 6.92 Å². The Morgan fingerprint density at radius 3 is 2.02 bits per heavy atom. The molecule has 2 unspecified atom stereocenters. The molecule has 0 fully saturated rings. The number of benzene rings is 4. The fourth-order valence-electron chi connectivity index (χ4n) is 4.91. The molecular formula is C36H40N2O6. The number of methoxy groups -OCH3 is 2. The number of amides is 1. The van der Waals surface area contributed by atoms with E-state index in [1.807, 2.05) is 103 Å². The predicted molar refractivity (Wildman–Crippen MR) is 170 cm³/mol. The molecule has 8 nitrogen and oxygen atoms in total. The maximum Gasteiger partial charge on any atom is 0.329 e. The highest BCUT2D eigenvalue weighted by molar-refractivity contribution is 5.83. The minimum Gasteiger partial charge on any atom is -0.493 e. The zero-order valence-electron chi connectivity index (χ0n) is 25.4. The molecule has 4 aromatic rings. The Labute approximate surface area is 259 Å². The number of nitrogens with two attached hydrogens (primary N) is 1. The third-order valence-electron chi connectivity index (χ3n) is 7.25. The van der Waals surface area contributed by atoms with Gasteiger partial charge >= 0.3 is 5.97 Å². The van der Waals surface area contributed by atoms with Crippen molar-refractivity contribution in [1.29, 1.82) is 0 Å². The van der Waals surface area contributed by atoms with Crippen LogP contribution in [0.5, 0.6) is 17.2 Å². The Morgan fingerprint density at radius 1 is 0.773 bits per heavy atom. The van der Waals surface area contributed by atoms with Crippen molar-refractivity contribution in [2.24, 2.45) is 5.73 Å². The van der Waals surface area contributed by atoms with Crippen LogP contribution in [0.25, 0.3) is 0 Å². The molecule has 0 aliphatic carbocycles. The molecule has 0 aliphatic heterocycles. The van der Waals surface area contributed by atoms with Crippen molar-refractivity contribution < 1.29 is 28.5 Å². The molecule has 0 bridgehead atoms. The van der Waals surface area contributed by atoms with Gasteiger partial charge in [0.05, 0.1) is 14.2 Å². The molecular weight excluding hydrogens is 556 g/mol. The van der Waals surface area contributed by atoms with E-state index in [1.54, 1.807) is 14.2 Å². The van der Waals surface area contributed by atoms with Crippen molar-refractivity contribution in [1.82, 2.24) is 5.32 Å². The summed E-state index contributed by atoms with van der Waals surface area (Å²) in [5, 5.41) is 2.75. The van der Waals surface area contributed by atoms with Crippen LogP contribution in [0.4, 0.5) is 0 Å². The normalized spacial score (nSPS) is 12.8. The summed E-state index contributed by atoms with van der Waals surface area (Å²) in [6, 6.07) is 31.1. The van der Waals surface area contributed by atoms with E-state index in [0.29, 0.717) is 43.1 Å². The average molecular weight is 597 g/mol. The number of ether oxygens (including phenoxy) is 4. The third kappa shape index (κ3) is 9.34.